The Morgan fingerprint density at radius 1 is 1.48 bits per heavy atom. The second-order valence-electron chi connectivity index (χ2n) is 5.57. The van der Waals surface area contributed by atoms with Gasteiger partial charge in [-0.1, -0.05) is 6.07 Å². The molecule has 2 amide bonds. The number of carbonyl (C=O) groups excluding carboxylic acids is 1. The minimum Gasteiger partial charge on any atom is -0.341 e. The Morgan fingerprint density at radius 2 is 2.24 bits per heavy atom. The zero-order valence-electron chi connectivity index (χ0n) is 13.1. The van der Waals surface area contributed by atoms with E-state index in [2.05, 4.69) is 54.2 Å². The van der Waals surface area contributed by atoms with Gasteiger partial charge in [-0.2, -0.15) is 0 Å². The number of urea groups is 1. The highest BCUT2D eigenvalue weighted by atomic mass is 32.2. The van der Waals surface area contributed by atoms with Crippen LogP contribution in [0.25, 0.3) is 0 Å². The summed E-state index contributed by atoms with van der Waals surface area (Å²) in [5.74, 6) is 0. The van der Waals surface area contributed by atoms with E-state index in [1.807, 2.05) is 4.90 Å². The van der Waals surface area contributed by atoms with Crippen molar-refractivity contribution in [2.75, 3.05) is 39.1 Å². The van der Waals surface area contributed by atoms with Crippen LogP contribution in [0, 0.1) is 0 Å². The molecule has 116 valence electrons. The normalized spacial score (nSPS) is 17.2. The van der Waals surface area contributed by atoms with E-state index in [1.54, 1.807) is 19.0 Å². The SMILES string of the molecule is CNC(=O)N1c2cc(SNCCN(C)C)ccc2CC1C. The molecule has 0 aromatic heterocycles. The van der Waals surface area contributed by atoms with Gasteiger partial charge in [-0.05, 0) is 57.1 Å². The number of likely N-dealkylation sites (N-methyl/N-ethyl adjacent to an activating group) is 1. The van der Waals surface area contributed by atoms with E-state index in [-0.39, 0.29) is 12.1 Å². The Bertz CT molecular complexity index is 506. The van der Waals surface area contributed by atoms with E-state index in [9.17, 15) is 4.79 Å². The maximum Gasteiger partial charge on any atom is 0.321 e. The Labute approximate surface area is 131 Å². The summed E-state index contributed by atoms with van der Waals surface area (Å²) in [6.45, 7) is 4.00. The lowest BCUT2D eigenvalue weighted by Crippen LogP contribution is -2.41. The van der Waals surface area contributed by atoms with Gasteiger partial charge in [0, 0.05) is 31.1 Å². The molecule has 5 nitrogen and oxygen atoms in total. The first-order valence-corrected chi connectivity index (χ1v) is 8.03. The van der Waals surface area contributed by atoms with Crippen molar-refractivity contribution in [3.63, 3.8) is 0 Å². The summed E-state index contributed by atoms with van der Waals surface area (Å²) in [6, 6.07) is 6.52. The number of benzene rings is 1. The molecule has 1 aromatic rings. The highest BCUT2D eigenvalue weighted by molar-refractivity contribution is 7.97. The summed E-state index contributed by atoms with van der Waals surface area (Å²) in [7, 11) is 5.79. The number of anilines is 1. The van der Waals surface area contributed by atoms with Gasteiger partial charge in [0.2, 0.25) is 0 Å². The van der Waals surface area contributed by atoms with E-state index >= 15 is 0 Å². The molecule has 0 radical (unpaired) electrons. The molecule has 1 atom stereocenters. The summed E-state index contributed by atoms with van der Waals surface area (Å²) in [5, 5.41) is 2.72. The first kappa shape index (κ1) is 16.1. The van der Waals surface area contributed by atoms with Crippen LogP contribution in [0.15, 0.2) is 23.1 Å². The molecule has 0 fully saturated rings. The van der Waals surface area contributed by atoms with Gasteiger partial charge in [0.1, 0.15) is 0 Å². The molecule has 0 saturated carbocycles. The van der Waals surface area contributed by atoms with Gasteiger partial charge in [-0.3, -0.25) is 9.62 Å². The van der Waals surface area contributed by atoms with Gasteiger partial charge in [0.25, 0.3) is 0 Å². The molecule has 1 aliphatic heterocycles. The summed E-state index contributed by atoms with van der Waals surface area (Å²) < 4.78 is 3.35. The van der Waals surface area contributed by atoms with Gasteiger partial charge in [-0.25, -0.2) is 4.79 Å². The average Bonchev–Trinajstić information content (AvgIpc) is 2.78. The van der Waals surface area contributed by atoms with E-state index in [0.29, 0.717) is 0 Å². The van der Waals surface area contributed by atoms with Crippen molar-refractivity contribution in [2.24, 2.45) is 0 Å². The molecule has 2 N–H and O–H groups in total. The third-order valence-corrected chi connectivity index (χ3v) is 4.39. The Morgan fingerprint density at radius 3 is 2.90 bits per heavy atom. The molecule has 1 unspecified atom stereocenters. The van der Waals surface area contributed by atoms with Crippen LogP contribution in [-0.4, -0.2) is 51.2 Å². The van der Waals surface area contributed by atoms with E-state index in [0.717, 1.165) is 30.1 Å². The van der Waals surface area contributed by atoms with Crippen LogP contribution in [0.2, 0.25) is 0 Å². The number of rotatable bonds is 5. The zero-order valence-corrected chi connectivity index (χ0v) is 14.0. The summed E-state index contributed by atoms with van der Waals surface area (Å²) in [5.41, 5.74) is 2.27. The minimum atomic E-state index is -0.0380. The fraction of sp³-hybridized carbons (Fsp3) is 0.533. The van der Waals surface area contributed by atoms with Crippen LogP contribution in [0.3, 0.4) is 0 Å². The van der Waals surface area contributed by atoms with E-state index < -0.39 is 0 Å². The molecular formula is C15H24N4OS. The predicted octanol–water partition coefficient (Wildman–Crippen LogP) is 1.94. The molecule has 0 bridgehead atoms. The first-order valence-electron chi connectivity index (χ1n) is 7.21. The number of hydrogen-bond donors (Lipinski definition) is 2. The number of hydrogen-bond acceptors (Lipinski definition) is 4. The third-order valence-electron chi connectivity index (χ3n) is 3.56. The largest absolute Gasteiger partial charge is 0.341 e. The maximum absolute atomic E-state index is 12.0. The van der Waals surface area contributed by atoms with Crippen LogP contribution in [0.5, 0.6) is 0 Å². The summed E-state index contributed by atoms with van der Waals surface area (Å²) in [4.78, 5) is 17.1. The lowest BCUT2D eigenvalue weighted by atomic mass is 10.1. The monoisotopic (exact) mass is 308 g/mol. The van der Waals surface area contributed by atoms with Crippen molar-refractivity contribution in [3.8, 4) is 0 Å². The molecular weight excluding hydrogens is 284 g/mol. The van der Waals surface area contributed by atoms with Crippen LogP contribution in [0.4, 0.5) is 10.5 Å². The van der Waals surface area contributed by atoms with Crippen LogP contribution >= 0.6 is 11.9 Å². The Kier molecular flexibility index (Phi) is 5.50. The highest BCUT2D eigenvalue weighted by Crippen LogP contribution is 2.34. The van der Waals surface area contributed by atoms with Gasteiger partial charge >= 0.3 is 6.03 Å². The van der Waals surface area contributed by atoms with Crippen molar-refractivity contribution < 1.29 is 4.79 Å². The number of nitrogens with zero attached hydrogens (tertiary/aromatic N) is 2. The predicted molar refractivity (Wildman–Crippen MR) is 89.0 cm³/mol. The van der Waals surface area contributed by atoms with Gasteiger partial charge in [-0.15, -0.1) is 0 Å². The van der Waals surface area contributed by atoms with Crippen molar-refractivity contribution >= 4 is 23.7 Å². The van der Waals surface area contributed by atoms with Gasteiger partial charge in [0.05, 0.1) is 5.69 Å². The van der Waals surface area contributed by atoms with Gasteiger partial charge < -0.3 is 10.2 Å². The van der Waals surface area contributed by atoms with Crippen molar-refractivity contribution in [3.05, 3.63) is 23.8 Å². The molecule has 1 heterocycles. The lowest BCUT2D eigenvalue weighted by Gasteiger charge is -2.22. The van der Waals surface area contributed by atoms with Crippen LogP contribution in [0.1, 0.15) is 12.5 Å². The number of nitrogens with one attached hydrogen (secondary N) is 2. The molecule has 1 aromatic carbocycles. The number of fused-ring (bicyclic) bond motifs is 1. The summed E-state index contributed by atoms with van der Waals surface area (Å²) >= 11 is 1.62. The molecule has 6 heteroatoms. The fourth-order valence-corrected chi connectivity index (χ4v) is 3.15. The Balaban J connectivity index is 2.04. The Hall–Kier alpha value is -1.24. The van der Waals surface area contributed by atoms with Crippen LogP contribution < -0.4 is 14.9 Å². The van der Waals surface area contributed by atoms with Crippen LogP contribution in [-0.2, 0) is 6.42 Å². The quantitative estimate of drug-likeness (QED) is 0.645. The third kappa shape index (κ3) is 3.90. The average molecular weight is 308 g/mol. The maximum atomic E-state index is 12.0. The molecule has 21 heavy (non-hydrogen) atoms. The molecule has 0 saturated heterocycles. The van der Waals surface area contributed by atoms with Crippen molar-refractivity contribution in [1.82, 2.24) is 14.9 Å². The van der Waals surface area contributed by atoms with Gasteiger partial charge in [0.15, 0.2) is 0 Å². The molecule has 0 aliphatic carbocycles. The van der Waals surface area contributed by atoms with Crippen molar-refractivity contribution in [2.45, 2.75) is 24.3 Å². The highest BCUT2D eigenvalue weighted by Gasteiger charge is 2.30. The minimum absolute atomic E-state index is 0.0380. The second-order valence-corrected chi connectivity index (χ2v) is 6.53. The zero-order chi connectivity index (χ0) is 15.4. The topological polar surface area (TPSA) is 47.6 Å². The smallest absolute Gasteiger partial charge is 0.321 e. The molecule has 1 aliphatic rings. The number of amides is 2. The molecule has 2 rings (SSSR count). The fourth-order valence-electron chi connectivity index (χ4n) is 2.48. The standard InChI is InChI=1S/C15H24N4OS/c1-11-9-12-5-6-13(21-17-7-8-18(3)4)10-14(12)19(11)15(20)16-2/h5-6,10-11,17H,7-9H2,1-4H3,(H,16,20). The van der Waals surface area contributed by atoms with E-state index in [1.165, 1.54) is 5.56 Å². The lowest BCUT2D eigenvalue weighted by molar-refractivity contribution is 0.247. The second kappa shape index (κ2) is 7.15. The van der Waals surface area contributed by atoms with E-state index in [4.69, 9.17) is 0 Å². The number of carbonyl (C=O) groups is 1. The van der Waals surface area contributed by atoms with Crippen molar-refractivity contribution in [1.29, 1.82) is 0 Å². The molecule has 0 spiro atoms. The first-order chi connectivity index (χ1) is 10.0. The summed E-state index contributed by atoms with van der Waals surface area (Å²) in [6.07, 6.45) is 0.918.